The Bertz CT molecular complexity index is 1010. The molecule has 204 valence electrons. The SMILES string of the molecule is C[C@H](COC[C@@H](C)OP(Oc1ccccc1)Oc1ccccc1)OP(Oc1ccccc1)Oc1ccccc1. The van der Waals surface area contributed by atoms with Crippen LogP contribution in [0.2, 0.25) is 0 Å². The fourth-order valence-electron chi connectivity index (χ4n) is 3.15. The second kappa shape index (κ2) is 16.0. The smallest absolute Gasteiger partial charge is 0.418 e. The van der Waals surface area contributed by atoms with E-state index in [1.165, 1.54) is 0 Å². The maximum absolute atomic E-state index is 6.09. The summed E-state index contributed by atoms with van der Waals surface area (Å²) < 4.78 is 42.1. The molecule has 7 nitrogen and oxygen atoms in total. The van der Waals surface area contributed by atoms with E-state index in [-0.39, 0.29) is 12.2 Å². The molecule has 0 aromatic heterocycles. The van der Waals surface area contributed by atoms with Crippen LogP contribution in [-0.4, -0.2) is 25.4 Å². The minimum absolute atomic E-state index is 0.293. The molecule has 9 heteroatoms. The third kappa shape index (κ3) is 10.8. The van der Waals surface area contributed by atoms with Crippen LogP contribution < -0.4 is 18.1 Å². The number of rotatable bonds is 16. The van der Waals surface area contributed by atoms with Crippen LogP contribution in [0.3, 0.4) is 0 Å². The van der Waals surface area contributed by atoms with Gasteiger partial charge < -0.3 is 22.8 Å². The fraction of sp³-hybridized carbons (Fsp3) is 0.200. The zero-order valence-corrected chi connectivity index (χ0v) is 23.7. The van der Waals surface area contributed by atoms with Crippen molar-refractivity contribution < 1.29 is 31.9 Å². The maximum Gasteiger partial charge on any atom is 0.463 e. The van der Waals surface area contributed by atoms with Crippen LogP contribution in [0, 0.1) is 0 Å². The van der Waals surface area contributed by atoms with Crippen molar-refractivity contribution in [1.29, 1.82) is 0 Å². The lowest BCUT2D eigenvalue weighted by Crippen LogP contribution is -2.21. The maximum atomic E-state index is 6.09. The van der Waals surface area contributed by atoms with Gasteiger partial charge in [0.05, 0.1) is 25.4 Å². The second-order valence-corrected chi connectivity index (χ2v) is 10.5. The average Bonchev–Trinajstić information content (AvgIpc) is 2.95. The molecule has 0 amide bonds. The predicted octanol–water partition coefficient (Wildman–Crippen LogP) is 8.58. The molecule has 0 bridgehead atoms. The van der Waals surface area contributed by atoms with Gasteiger partial charge in [0.2, 0.25) is 0 Å². The van der Waals surface area contributed by atoms with Crippen molar-refractivity contribution in [2.45, 2.75) is 26.1 Å². The first kappa shape index (κ1) is 28.8. The van der Waals surface area contributed by atoms with Crippen molar-refractivity contribution in [2.24, 2.45) is 0 Å². The Hall–Kier alpha value is -3.18. The lowest BCUT2D eigenvalue weighted by Gasteiger charge is -2.23. The van der Waals surface area contributed by atoms with Crippen molar-refractivity contribution in [1.82, 2.24) is 0 Å². The molecular formula is C30H32O7P2. The highest BCUT2D eigenvalue weighted by Gasteiger charge is 2.23. The second-order valence-electron chi connectivity index (χ2n) is 8.43. The first-order valence-electron chi connectivity index (χ1n) is 12.6. The summed E-state index contributed by atoms with van der Waals surface area (Å²) in [5, 5.41) is 0. The van der Waals surface area contributed by atoms with Gasteiger partial charge in [-0.15, -0.1) is 0 Å². The van der Waals surface area contributed by atoms with Gasteiger partial charge in [0.25, 0.3) is 0 Å². The molecule has 0 fully saturated rings. The Kier molecular flexibility index (Phi) is 11.9. The minimum atomic E-state index is -1.70. The number of benzene rings is 4. The fourth-order valence-corrected chi connectivity index (χ4v) is 5.28. The summed E-state index contributed by atoms with van der Waals surface area (Å²) in [7, 11) is -3.41. The highest BCUT2D eigenvalue weighted by atomic mass is 31.2. The first-order valence-corrected chi connectivity index (χ1v) is 14.8. The van der Waals surface area contributed by atoms with Crippen molar-refractivity contribution >= 4 is 17.2 Å². The van der Waals surface area contributed by atoms with Crippen LogP contribution in [0.4, 0.5) is 0 Å². The van der Waals surface area contributed by atoms with Crippen molar-refractivity contribution in [3.8, 4) is 23.0 Å². The quantitative estimate of drug-likeness (QED) is 0.126. The molecule has 0 saturated heterocycles. The van der Waals surface area contributed by atoms with E-state index in [1.54, 1.807) is 0 Å². The standard InChI is InChI=1S/C30H32O7P2/c1-25(32-38(34-27-15-7-3-8-16-27)35-28-17-9-4-10-18-28)23-31-24-26(2)33-39(36-29-19-11-5-12-20-29)37-30-21-13-6-14-22-30/h3-22,25-26H,23-24H2,1-2H3/t25-,26-/m1/s1. The molecular weight excluding hydrogens is 534 g/mol. The summed E-state index contributed by atoms with van der Waals surface area (Å²) in [4.78, 5) is 0. The molecule has 4 aromatic rings. The van der Waals surface area contributed by atoms with Crippen molar-refractivity contribution in [3.63, 3.8) is 0 Å². The lowest BCUT2D eigenvalue weighted by atomic mass is 10.3. The van der Waals surface area contributed by atoms with Crippen LogP contribution in [0.1, 0.15) is 13.8 Å². The van der Waals surface area contributed by atoms with Gasteiger partial charge in [0.15, 0.2) is 0 Å². The van der Waals surface area contributed by atoms with Crippen molar-refractivity contribution in [3.05, 3.63) is 121 Å². The molecule has 0 spiro atoms. The Morgan fingerprint density at radius 2 is 0.692 bits per heavy atom. The minimum Gasteiger partial charge on any atom is -0.418 e. The molecule has 0 saturated carbocycles. The molecule has 0 heterocycles. The molecule has 0 N–H and O–H groups in total. The molecule has 0 aliphatic rings. The Balaban J connectivity index is 1.27. The molecule has 39 heavy (non-hydrogen) atoms. The summed E-state index contributed by atoms with van der Waals surface area (Å²) in [6, 6.07) is 37.8. The van der Waals surface area contributed by atoms with Crippen LogP contribution in [0.15, 0.2) is 121 Å². The van der Waals surface area contributed by atoms with Gasteiger partial charge in [0, 0.05) is 0 Å². The van der Waals surface area contributed by atoms with Crippen LogP contribution >= 0.6 is 17.2 Å². The highest BCUT2D eigenvalue weighted by Crippen LogP contribution is 2.43. The van der Waals surface area contributed by atoms with E-state index in [1.807, 2.05) is 135 Å². The molecule has 0 aliphatic carbocycles. The van der Waals surface area contributed by atoms with E-state index in [4.69, 9.17) is 31.9 Å². The van der Waals surface area contributed by atoms with Crippen molar-refractivity contribution in [2.75, 3.05) is 13.2 Å². The number of hydrogen-bond acceptors (Lipinski definition) is 7. The lowest BCUT2D eigenvalue weighted by molar-refractivity contribution is 0.0146. The average molecular weight is 567 g/mol. The van der Waals surface area contributed by atoms with Gasteiger partial charge in [-0.05, 0) is 62.4 Å². The molecule has 0 aliphatic heterocycles. The predicted molar refractivity (Wildman–Crippen MR) is 154 cm³/mol. The van der Waals surface area contributed by atoms with E-state index in [9.17, 15) is 0 Å². The molecule has 0 unspecified atom stereocenters. The van der Waals surface area contributed by atoms with Gasteiger partial charge >= 0.3 is 17.2 Å². The van der Waals surface area contributed by atoms with Gasteiger partial charge in [-0.3, -0.25) is 9.05 Å². The molecule has 4 aromatic carbocycles. The number of para-hydroxylation sites is 4. The van der Waals surface area contributed by atoms with Gasteiger partial charge in [0.1, 0.15) is 23.0 Å². The molecule has 2 atom stereocenters. The Morgan fingerprint density at radius 3 is 0.949 bits per heavy atom. The number of hydrogen-bond donors (Lipinski definition) is 0. The summed E-state index contributed by atoms with van der Waals surface area (Å²) >= 11 is 0. The third-order valence-corrected chi connectivity index (χ3v) is 7.43. The van der Waals surface area contributed by atoms with E-state index >= 15 is 0 Å². The van der Waals surface area contributed by atoms with E-state index in [2.05, 4.69) is 0 Å². The first-order chi connectivity index (χ1) is 19.1. The van der Waals surface area contributed by atoms with Gasteiger partial charge in [-0.2, -0.15) is 0 Å². The molecule has 0 radical (unpaired) electrons. The third-order valence-electron chi connectivity index (χ3n) is 4.93. The topological polar surface area (TPSA) is 64.6 Å². The normalized spacial score (nSPS) is 12.6. The Morgan fingerprint density at radius 1 is 0.436 bits per heavy atom. The highest BCUT2D eigenvalue weighted by molar-refractivity contribution is 7.42. The van der Waals surface area contributed by atoms with Crippen LogP contribution in [-0.2, 0) is 13.8 Å². The van der Waals surface area contributed by atoms with Crippen LogP contribution in [0.5, 0.6) is 23.0 Å². The zero-order chi connectivity index (χ0) is 27.1. The zero-order valence-electron chi connectivity index (χ0n) is 21.9. The summed E-state index contributed by atoms with van der Waals surface area (Å²) in [5.74, 6) is 2.67. The van der Waals surface area contributed by atoms with Crippen LogP contribution in [0.25, 0.3) is 0 Å². The van der Waals surface area contributed by atoms with E-state index in [0.717, 1.165) is 0 Å². The summed E-state index contributed by atoms with van der Waals surface area (Å²) in [6.07, 6.45) is -0.586. The number of ether oxygens (including phenoxy) is 1. The molecule has 4 rings (SSSR count). The summed E-state index contributed by atoms with van der Waals surface area (Å²) in [6.45, 7) is 4.46. The van der Waals surface area contributed by atoms with Gasteiger partial charge in [-0.1, -0.05) is 72.8 Å². The largest absolute Gasteiger partial charge is 0.463 e. The summed E-state index contributed by atoms with van der Waals surface area (Å²) in [5.41, 5.74) is 0. The van der Waals surface area contributed by atoms with Gasteiger partial charge in [-0.25, -0.2) is 0 Å². The Labute approximate surface area is 232 Å². The van der Waals surface area contributed by atoms with E-state index in [0.29, 0.717) is 36.2 Å². The monoisotopic (exact) mass is 566 g/mol. The van der Waals surface area contributed by atoms with E-state index < -0.39 is 17.2 Å².